The van der Waals surface area contributed by atoms with E-state index in [-0.39, 0.29) is 17.7 Å². The zero-order chi connectivity index (χ0) is 26.8. The van der Waals surface area contributed by atoms with Gasteiger partial charge in [-0.3, -0.25) is 0 Å². The van der Waals surface area contributed by atoms with Crippen molar-refractivity contribution in [2.45, 2.75) is 25.1 Å². The van der Waals surface area contributed by atoms with Crippen LogP contribution in [0.4, 0.5) is 19.1 Å². The normalized spacial score (nSPS) is 15.8. The predicted molar refractivity (Wildman–Crippen MR) is 146 cm³/mol. The Hall–Kier alpha value is -4.37. The number of nitrogens with one attached hydrogen (secondary N) is 3. The molecular formula is C30H26F3N5O. The molecule has 6 rings (SSSR count). The molecule has 198 valence electrons. The minimum Gasteiger partial charge on any atom is -0.457 e. The van der Waals surface area contributed by atoms with Crippen molar-refractivity contribution in [1.82, 2.24) is 20.3 Å². The van der Waals surface area contributed by atoms with Crippen LogP contribution in [-0.2, 0) is 6.18 Å². The van der Waals surface area contributed by atoms with Gasteiger partial charge in [-0.05, 0) is 60.8 Å². The second-order valence-corrected chi connectivity index (χ2v) is 9.55. The van der Waals surface area contributed by atoms with Crippen molar-refractivity contribution in [3.63, 3.8) is 0 Å². The number of hydrogen-bond donors (Lipinski definition) is 3. The largest absolute Gasteiger partial charge is 0.457 e. The number of ether oxygens (including phenoxy) is 1. The van der Waals surface area contributed by atoms with Crippen LogP contribution in [0.2, 0.25) is 0 Å². The second-order valence-electron chi connectivity index (χ2n) is 9.55. The molecule has 2 aromatic heterocycles. The molecule has 0 saturated carbocycles. The molecule has 0 aliphatic carbocycles. The third-order valence-electron chi connectivity index (χ3n) is 6.81. The fourth-order valence-electron chi connectivity index (χ4n) is 4.89. The fourth-order valence-corrected chi connectivity index (χ4v) is 4.89. The van der Waals surface area contributed by atoms with Crippen LogP contribution in [0.1, 0.15) is 18.4 Å². The summed E-state index contributed by atoms with van der Waals surface area (Å²) in [6, 6.07) is 22.9. The Kier molecular flexibility index (Phi) is 6.66. The third kappa shape index (κ3) is 5.44. The molecule has 1 fully saturated rings. The van der Waals surface area contributed by atoms with Gasteiger partial charge in [-0.1, -0.05) is 42.5 Å². The summed E-state index contributed by atoms with van der Waals surface area (Å²) in [5.41, 5.74) is 1.88. The van der Waals surface area contributed by atoms with Gasteiger partial charge in [0.1, 0.15) is 17.1 Å². The number of alkyl halides is 3. The van der Waals surface area contributed by atoms with E-state index in [0.29, 0.717) is 28.8 Å². The van der Waals surface area contributed by atoms with Gasteiger partial charge in [0.15, 0.2) is 0 Å². The molecule has 0 spiro atoms. The first-order chi connectivity index (χ1) is 18.9. The molecule has 9 heteroatoms. The van der Waals surface area contributed by atoms with Gasteiger partial charge in [0.2, 0.25) is 5.95 Å². The van der Waals surface area contributed by atoms with Crippen molar-refractivity contribution in [3.8, 4) is 33.9 Å². The highest BCUT2D eigenvalue weighted by Gasteiger charge is 2.36. The SMILES string of the molecule is FC(F)(F)c1cnc(N[C@H]2CCCNC2)nc1-c1c[nH]c2cc(-c3cccc(Oc4ccccc4)c3)ccc12. The minimum absolute atomic E-state index is 0.0653. The number of H-pyrrole nitrogens is 1. The molecule has 6 nitrogen and oxygen atoms in total. The van der Waals surface area contributed by atoms with Crippen LogP contribution < -0.4 is 15.4 Å². The van der Waals surface area contributed by atoms with E-state index in [2.05, 4.69) is 25.6 Å². The van der Waals surface area contributed by atoms with Crippen molar-refractivity contribution >= 4 is 16.9 Å². The Morgan fingerprint density at radius 1 is 0.923 bits per heavy atom. The number of para-hydroxylation sites is 1. The number of anilines is 1. The van der Waals surface area contributed by atoms with Crippen LogP contribution in [-0.4, -0.2) is 34.1 Å². The number of benzene rings is 3. The number of nitrogens with zero attached hydrogens (tertiary/aromatic N) is 2. The molecule has 1 aliphatic heterocycles. The molecule has 1 saturated heterocycles. The highest BCUT2D eigenvalue weighted by Crippen LogP contribution is 2.39. The Morgan fingerprint density at radius 2 is 1.74 bits per heavy atom. The Bertz CT molecular complexity index is 1590. The average molecular weight is 530 g/mol. The lowest BCUT2D eigenvalue weighted by molar-refractivity contribution is -0.137. The number of rotatable bonds is 6. The number of fused-ring (bicyclic) bond motifs is 1. The van der Waals surface area contributed by atoms with Crippen molar-refractivity contribution in [2.75, 3.05) is 18.4 Å². The summed E-state index contributed by atoms with van der Waals surface area (Å²) in [4.78, 5) is 11.5. The summed E-state index contributed by atoms with van der Waals surface area (Å²) < 4.78 is 47.9. The number of aromatic nitrogens is 3. The van der Waals surface area contributed by atoms with Gasteiger partial charge >= 0.3 is 6.18 Å². The predicted octanol–water partition coefficient (Wildman–Crippen LogP) is 7.27. The smallest absolute Gasteiger partial charge is 0.419 e. The summed E-state index contributed by atoms with van der Waals surface area (Å²) in [7, 11) is 0. The first kappa shape index (κ1) is 24.9. The van der Waals surface area contributed by atoms with Crippen molar-refractivity contribution < 1.29 is 17.9 Å². The topological polar surface area (TPSA) is 74.9 Å². The van der Waals surface area contributed by atoms with Gasteiger partial charge < -0.3 is 20.4 Å². The summed E-state index contributed by atoms with van der Waals surface area (Å²) in [6.45, 7) is 1.64. The Balaban J connectivity index is 1.34. The summed E-state index contributed by atoms with van der Waals surface area (Å²) in [5, 5.41) is 7.11. The molecule has 0 radical (unpaired) electrons. The van der Waals surface area contributed by atoms with E-state index in [9.17, 15) is 13.2 Å². The lowest BCUT2D eigenvalue weighted by Crippen LogP contribution is -2.38. The number of piperidine rings is 1. The maximum absolute atomic E-state index is 14.0. The summed E-state index contributed by atoms with van der Waals surface area (Å²) in [6.07, 6.45) is -0.264. The molecule has 1 aliphatic rings. The van der Waals surface area contributed by atoms with Crippen LogP contribution in [0.15, 0.2) is 85.2 Å². The van der Waals surface area contributed by atoms with E-state index in [1.54, 1.807) is 6.20 Å². The first-order valence-corrected chi connectivity index (χ1v) is 12.8. The lowest BCUT2D eigenvalue weighted by Gasteiger charge is -2.24. The van der Waals surface area contributed by atoms with Crippen LogP contribution in [0.25, 0.3) is 33.3 Å². The molecule has 39 heavy (non-hydrogen) atoms. The van der Waals surface area contributed by atoms with E-state index in [4.69, 9.17) is 4.74 Å². The van der Waals surface area contributed by atoms with Crippen molar-refractivity contribution in [1.29, 1.82) is 0 Å². The van der Waals surface area contributed by atoms with E-state index in [0.717, 1.165) is 42.5 Å². The highest BCUT2D eigenvalue weighted by molar-refractivity contribution is 5.97. The quantitative estimate of drug-likeness (QED) is 0.216. The monoisotopic (exact) mass is 529 g/mol. The van der Waals surface area contributed by atoms with Gasteiger partial charge in [-0.2, -0.15) is 13.2 Å². The zero-order valence-electron chi connectivity index (χ0n) is 20.9. The molecule has 0 bridgehead atoms. The number of hydrogen-bond acceptors (Lipinski definition) is 5. The maximum Gasteiger partial charge on any atom is 0.419 e. The summed E-state index contributed by atoms with van der Waals surface area (Å²) >= 11 is 0. The summed E-state index contributed by atoms with van der Waals surface area (Å²) in [5.74, 6) is 1.61. The van der Waals surface area contributed by atoms with Crippen molar-refractivity contribution in [3.05, 3.63) is 90.8 Å². The van der Waals surface area contributed by atoms with E-state index < -0.39 is 11.7 Å². The minimum atomic E-state index is -4.59. The molecule has 3 heterocycles. The van der Waals surface area contributed by atoms with Gasteiger partial charge in [0.25, 0.3) is 0 Å². The highest BCUT2D eigenvalue weighted by atomic mass is 19.4. The van der Waals surface area contributed by atoms with Gasteiger partial charge in [0, 0.05) is 41.4 Å². The maximum atomic E-state index is 14.0. The van der Waals surface area contributed by atoms with Crippen LogP contribution >= 0.6 is 0 Å². The fraction of sp³-hybridized carbons (Fsp3) is 0.200. The lowest BCUT2D eigenvalue weighted by atomic mass is 10.0. The van der Waals surface area contributed by atoms with Crippen LogP contribution in [0, 0.1) is 0 Å². The molecule has 3 N–H and O–H groups in total. The van der Waals surface area contributed by atoms with E-state index >= 15 is 0 Å². The van der Waals surface area contributed by atoms with Crippen LogP contribution in [0.3, 0.4) is 0 Å². The van der Waals surface area contributed by atoms with Crippen LogP contribution in [0.5, 0.6) is 11.5 Å². The average Bonchev–Trinajstić information content (AvgIpc) is 3.37. The Morgan fingerprint density at radius 3 is 2.54 bits per heavy atom. The number of aromatic amines is 1. The molecule has 3 aromatic carbocycles. The number of halogens is 3. The Labute approximate surface area is 223 Å². The zero-order valence-corrected chi connectivity index (χ0v) is 20.9. The van der Waals surface area contributed by atoms with E-state index in [1.165, 1.54) is 0 Å². The first-order valence-electron chi connectivity index (χ1n) is 12.8. The molecule has 1 atom stereocenters. The van der Waals surface area contributed by atoms with Crippen molar-refractivity contribution in [2.24, 2.45) is 0 Å². The standard InChI is InChI=1S/C30H26F3N5O/c31-30(32,33)26-18-36-29(37-21-7-5-13-34-16-21)38-28(26)25-17-35-27-15-20(11-12-24(25)27)19-6-4-10-23(14-19)39-22-8-2-1-3-9-22/h1-4,6,8-12,14-15,17-18,21,34-35H,5,7,13,16H2,(H,36,37,38)/t21-/m0/s1. The van der Waals surface area contributed by atoms with E-state index in [1.807, 2.05) is 72.8 Å². The van der Waals surface area contributed by atoms with Gasteiger partial charge in [-0.25, -0.2) is 9.97 Å². The second kappa shape index (κ2) is 10.4. The molecule has 0 unspecified atom stereocenters. The molecule has 0 amide bonds. The molecular weight excluding hydrogens is 503 g/mol. The molecule has 5 aromatic rings. The third-order valence-corrected chi connectivity index (χ3v) is 6.81. The van der Waals surface area contributed by atoms with Gasteiger partial charge in [0.05, 0.1) is 5.69 Å². The van der Waals surface area contributed by atoms with Gasteiger partial charge in [-0.15, -0.1) is 0 Å².